The number of hydrogen-bond acceptors (Lipinski definition) is 3. The fourth-order valence-electron chi connectivity index (χ4n) is 1.69. The van der Waals surface area contributed by atoms with Crippen LogP contribution >= 0.6 is 11.8 Å². The molecule has 0 saturated heterocycles. The predicted molar refractivity (Wildman–Crippen MR) is 59.9 cm³/mol. The Hall–Kier alpha value is -2.01. The second-order valence-electron chi connectivity index (χ2n) is 3.32. The number of nitrogens with one attached hydrogen (secondary N) is 1. The molecule has 0 atom stereocenters. The number of H-pyrrole nitrogens is 1. The van der Waals surface area contributed by atoms with Crippen LogP contribution in [0.25, 0.3) is 22.1 Å². The van der Waals surface area contributed by atoms with E-state index in [0.717, 1.165) is 4.09 Å². The molecule has 0 bridgehead atoms. The molecule has 6 heteroatoms. The molecule has 0 aliphatic carbocycles. The molecule has 5 nitrogen and oxygen atoms in total. The average Bonchev–Trinajstić information content (AvgIpc) is 2.66. The first-order chi connectivity index (χ1) is 7.68. The number of nitrogens with zero attached hydrogens (tertiary/aromatic N) is 1. The molecule has 2 aromatic heterocycles. The molecule has 0 spiro atoms. The SMILES string of the molecule is O=c1[nH]c(=O)n(Cl)c2c1oc1ccccc12. The molecule has 16 heavy (non-hydrogen) atoms. The van der Waals surface area contributed by atoms with Crippen molar-refractivity contribution in [2.75, 3.05) is 0 Å². The van der Waals surface area contributed by atoms with Crippen LogP contribution < -0.4 is 11.2 Å². The molecule has 1 N–H and O–H groups in total. The summed E-state index contributed by atoms with van der Waals surface area (Å²) in [5, 5.41) is 0.635. The van der Waals surface area contributed by atoms with Crippen molar-refractivity contribution in [3.8, 4) is 0 Å². The van der Waals surface area contributed by atoms with Gasteiger partial charge in [0.1, 0.15) is 11.1 Å². The Morgan fingerprint density at radius 1 is 1.25 bits per heavy atom. The first-order valence-corrected chi connectivity index (χ1v) is 4.85. The van der Waals surface area contributed by atoms with E-state index in [0.29, 0.717) is 16.5 Å². The number of aromatic amines is 1. The quantitative estimate of drug-likeness (QED) is 0.642. The van der Waals surface area contributed by atoms with Crippen molar-refractivity contribution < 1.29 is 4.42 Å². The lowest BCUT2D eigenvalue weighted by Crippen LogP contribution is -2.25. The molecule has 2 heterocycles. The Labute approximate surface area is 93.0 Å². The van der Waals surface area contributed by atoms with E-state index in [1.54, 1.807) is 24.3 Å². The van der Waals surface area contributed by atoms with Gasteiger partial charge in [-0.05, 0) is 12.1 Å². The zero-order valence-corrected chi connectivity index (χ0v) is 8.62. The lowest BCUT2D eigenvalue weighted by molar-refractivity contribution is 0.659. The number of fused-ring (bicyclic) bond motifs is 3. The molecule has 0 saturated carbocycles. The molecule has 1 aromatic carbocycles. The molecule has 3 rings (SSSR count). The first kappa shape index (κ1) is 9.23. The van der Waals surface area contributed by atoms with Gasteiger partial charge in [0.15, 0.2) is 0 Å². The van der Waals surface area contributed by atoms with Crippen molar-refractivity contribution in [1.82, 2.24) is 9.07 Å². The maximum Gasteiger partial charge on any atom is 0.343 e. The van der Waals surface area contributed by atoms with Crippen LogP contribution in [-0.4, -0.2) is 9.07 Å². The number of benzene rings is 1. The summed E-state index contributed by atoms with van der Waals surface area (Å²) in [5.74, 6) is 0. The standard InChI is InChI=1S/C10H5ClN2O3/c11-13-7-5-3-1-2-4-6(5)16-8(7)9(14)12-10(13)15/h1-4H,(H,12,14,15). The minimum absolute atomic E-state index is 0.0517. The number of furan rings is 1. The zero-order valence-electron chi connectivity index (χ0n) is 7.86. The normalized spacial score (nSPS) is 11.3. The van der Waals surface area contributed by atoms with Gasteiger partial charge in [0.2, 0.25) is 5.58 Å². The molecular formula is C10H5ClN2O3. The van der Waals surface area contributed by atoms with Gasteiger partial charge in [-0.15, -0.1) is 0 Å². The smallest absolute Gasteiger partial charge is 0.343 e. The van der Waals surface area contributed by atoms with Crippen LogP contribution in [0.1, 0.15) is 0 Å². The lowest BCUT2D eigenvalue weighted by Gasteiger charge is -1.93. The predicted octanol–water partition coefficient (Wildman–Crippen LogP) is 1.44. The van der Waals surface area contributed by atoms with E-state index in [4.69, 9.17) is 16.2 Å². The van der Waals surface area contributed by atoms with Crippen LogP contribution in [0.4, 0.5) is 0 Å². The zero-order chi connectivity index (χ0) is 11.3. The van der Waals surface area contributed by atoms with E-state index in [1.807, 2.05) is 0 Å². The molecule has 0 radical (unpaired) electrons. The third-order valence-corrected chi connectivity index (χ3v) is 2.69. The van der Waals surface area contributed by atoms with Crippen LogP contribution in [0.15, 0.2) is 38.3 Å². The van der Waals surface area contributed by atoms with Crippen molar-refractivity contribution in [1.29, 1.82) is 0 Å². The van der Waals surface area contributed by atoms with Gasteiger partial charge in [0.25, 0.3) is 5.56 Å². The van der Waals surface area contributed by atoms with Crippen molar-refractivity contribution in [3.63, 3.8) is 0 Å². The monoisotopic (exact) mass is 236 g/mol. The number of rotatable bonds is 0. The van der Waals surface area contributed by atoms with Gasteiger partial charge < -0.3 is 4.42 Å². The molecule has 0 unspecified atom stereocenters. The summed E-state index contributed by atoms with van der Waals surface area (Å²) in [5.41, 5.74) is -0.386. The minimum atomic E-state index is -0.675. The highest BCUT2D eigenvalue weighted by Gasteiger charge is 2.14. The molecule has 0 aliphatic heterocycles. The maximum atomic E-state index is 11.5. The molecule has 3 aromatic rings. The Morgan fingerprint density at radius 3 is 2.81 bits per heavy atom. The molecule has 0 fully saturated rings. The number of hydrogen-bond donors (Lipinski definition) is 1. The van der Waals surface area contributed by atoms with Crippen LogP contribution in [-0.2, 0) is 0 Å². The first-order valence-electron chi connectivity index (χ1n) is 4.51. The maximum absolute atomic E-state index is 11.5. The second-order valence-corrected chi connectivity index (χ2v) is 3.65. The van der Waals surface area contributed by atoms with Gasteiger partial charge in [-0.1, -0.05) is 12.1 Å². The summed E-state index contributed by atoms with van der Waals surface area (Å²) in [6, 6.07) is 6.99. The topological polar surface area (TPSA) is 68.0 Å². The number of aromatic nitrogens is 2. The van der Waals surface area contributed by atoms with Gasteiger partial charge in [-0.3, -0.25) is 9.78 Å². The summed E-state index contributed by atoms with van der Waals surface area (Å²) in [6.07, 6.45) is 0. The highest BCUT2D eigenvalue weighted by molar-refractivity contribution is 6.21. The Balaban J connectivity index is 2.77. The summed E-state index contributed by atoms with van der Waals surface area (Å²) in [6.45, 7) is 0. The number of para-hydroxylation sites is 1. The van der Waals surface area contributed by atoms with Gasteiger partial charge in [0.05, 0.1) is 0 Å². The summed E-state index contributed by atoms with van der Waals surface area (Å²) in [7, 11) is 0. The van der Waals surface area contributed by atoms with Crippen LogP contribution in [0.3, 0.4) is 0 Å². The third-order valence-electron chi connectivity index (χ3n) is 2.37. The Kier molecular flexibility index (Phi) is 1.73. The van der Waals surface area contributed by atoms with E-state index in [2.05, 4.69) is 4.98 Å². The summed E-state index contributed by atoms with van der Waals surface area (Å²) >= 11 is 5.79. The molecule has 80 valence electrons. The van der Waals surface area contributed by atoms with E-state index < -0.39 is 11.2 Å². The Morgan fingerprint density at radius 2 is 2.00 bits per heavy atom. The fraction of sp³-hybridized carbons (Fsp3) is 0. The van der Waals surface area contributed by atoms with Gasteiger partial charge in [0, 0.05) is 17.2 Å². The molecular weight excluding hydrogens is 232 g/mol. The summed E-state index contributed by atoms with van der Waals surface area (Å²) < 4.78 is 6.18. The largest absolute Gasteiger partial charge is 0.449 e. The van der Waals surface area contributed by atoms with E-state index in [1.165, 1.54) is 0 Å². The third kappa shape index (κ3) is 1.06. The van der Waals surface area contributed by atoms with E-state index in [-0.39, 0.29) is 5.58 Å². The highest BCUT2D eigenvalue weighted by Crippen LogP contribution is 2.25. The van der Waals surface area contributed by atoms with Gasteiger partial charge in [-0.2, -0.15) is 4.09 Å². The average molecular weight is 237 g/mol. The molecule has 0 amide bonds. The second kappa shape index (κ2) is 2.99. The van der Waals surface area contributed by atoms with Crippen molar-refractivity contribution in [2.24, 2.45) is 0 Å². The van der Waals surface area contributed by atoms with Gasteiger partial charge >= 0.3 is 5.69 Å². The van der Waals surface area contributed by atoms with Crippen molar-refractivity contribution in [3.05, 3.63) is 45.1 Å². The fourth-order valence-corrected chi connectivity index (χ4v) is 1.90. The van der Waals surface area contributed by atoms with Crippen molar-refractivity contribution >= 4 is 33.8 Å². The Bertz CT molecular complexity index is 812. The van der Waals surface area contributed by atoms with E-state index in [9.17, 15) is 9.59 Å². The van der Waals surface area contributed by atoms with E-state index >= 15 is 0 Å². The van der Waals surface area contributed by atoms with Crippen LogP contribution in [0.2, 0.25) is 0 Å². The van der Waals surface area contributed by atoms with Crippen molar-refractivity contribution in [2.45, 2.75) is 0 Å². The number of halogens is 1. The minimum Gasteiger partial charge on any atom is -0.449 e. The molecule has 0 aliphatic rings. The summed E-state index contributed by atoms with van der Waals surface area (Å²) in [4.78, 5) is 24.9. The van der Waals surface area contributed by atoms with Crippen LogP contribution in [0, 0.1) is 0 Å². The van der Waals surface area contributed by atoms with Crippen LogP contribution in [0.5, 0.6) is 0 Å². The van der Waals surface area contributed by atoms with Gasteiger partial charge in [-0.25, -0.2) is 4.79 Å². The lowest BCUT2D eigenvalue weighted by atomic mass is 10.2. The highest BCUT2D eigenvalue weighted by atomic mass is 35.5.